The highest BCUT2D eigenvalue weighted by molar-refractivity contribution is 14.0. The second-order valence-corrected chi connectivity index (χ2v) is 7.93. The first kappa shape index (κ1) is 24.9. The van der Waals surface area contributed by atoms with Gasteiger partial charge in [-0.1, -0.05) is 37.3 Å². The summed E-state index contributed by atoms with van der Waals surface area (Å²) in [6, 6.07) is 11.0. The first-order valence-electron chi connectivity index (χ1n) is 10.9. The summed E-state index contributed by atoms with van der Waals surface area (Å²) in [5, 5.41) is 6.90. The van der Waals surface area contributed by atoms with Crippen molar-refractivity contribution in [1.29, 1.82) is 0 Å². The minimum Gasteiger partial charge on any atom is -0.355 e. The second kappa shape index (κ2) is 13.1. The normalized spacial score (nSPS) is 20.7. The number of aliphatic imine (C=N–C) groups is 1. The molecule has 0 bridgehead atoms. The van der Waals surface area contributed by atoms with Crippen molar-refractivity contribution in [3.63, 3.8) is 0 Å². The average Bonchev–Trinajstić information content (AvgIpc) is 3.23. The number of halogens is 1. The van der Waals surface area contributed by atoms with Crippen molar-refractivity contribution < 1.29 is 4.79 Å². The van der Waals surface area contributed by atoms with Crippen LogP contribution >= 0.6 is 24.0 Å². The second-order valence-electron chi connectivity index (χ2n) is 7.93. The van der Waals surface area contributed by atoms with Crippen LogP contribution in [0.25, 0.3) is 0 Å². The van der Waals surface area contributed by atoms with Crippen LogP contribution in [0, 0.1) is 0 Å². The van der Waals surface area contributed by atoms with Gasteiger partial charge in [0.25, 0.3) is 0 Å². The zero-order valence-electron chi connectivity index (χ0n) is 18.3. The number of nitrogens with zero attached hydrogens (tertiary/aromatic N) is 4. The quantitative estimate of drug-likeness (QED) is 0.320. The molecule has 1 atom stereocenters. The van der Waals surface area contributed by atoms with Crippen molar-refractivity contribution in [3.8, 4) is 0 Å². The van der Waals surface area contributed by atoms with Gasteiger partial charge >= 0.3 is 0 Å². The minimum absolute atomic E-state index is 0. The molecule has 30 heavy (non-hydrogen) atoms. The SMILES string of the molecule is CCC(=O)N1CCC(NC(=NC)NCCN2CCN(Cc3ccccc3)CC2)C1.I. The molecule has 2 heterocycles. The Bertz CT molecular complexity index is 663. The molecule has 0 saturated carbocycles. The Labute approximate surface area is 198 Å². The summed E-state index contributed by atoms with van der Waals surface area (Å²) in [5.41, 5.74) is 1.39. The van der Waals surface area contributed by atoms with Gasteiger partial charge in [-0.15, -0.1) is 24.0 Å². The summed E-state index contributed by atoms with van der Waals surface area (Å²) in [6.07, 6.45) is 1.56. The molecule has 2 aliphatic rings. The number of carbonyl (C=O) groups excluding carboxylic acids is 1. The number of amides is 1. The zero-order valence-corrected chi connectivity index (χ0v) is 20.7. The number of hydrogen-bond acceptors (Lipinski definition) is 4. The lowest BCUT2D eigenvalue weighted by molar-refractivity contribution is -0.129. The lowest BCUT2D eigenvalue weighted by Gasteiger charge is -2.34. The Morgan fingerprint density at radius 1 is 1.10 bits per heavy atom. The van der Waals surface area contributed by atoms with Gasteiger partial charge in [-0.3, -0.25) is 19.6 Å². The number of guanidine groups is 1. The van der Waals surface area contributed by atoms with Crippen molar-refractivity contribution in [3.05, 3.63) is 35.9 Å². The molecular weight excluding hydrogens is 491 g/mol. The molecule has 2 N–H and O–H groups in total. The fourth-order valence-electron chi connectivity index (χ4n) is 4.06. The Morgan fingerprint density at radius 2 is 1.80 bits per heavy atom. The van der Waals surface area contributed by atoms with Gasteiger partial charge in [0.15, 0.2) is 5.96 Å². The summed E-state index contributed by atoms with van der Waals surface area (Å²) < 4.78 is 0. The molecule has 7 nitrogen and oxygen atoms in total. The van der Waals surface area contributed by atoms with E-state index < -0.39 is 0 Å². The monoisotopic (exact) mass is 528 g/mol. The van der Waals surface area contributed by atoms with E-state index in [0.29, 0.717) is 12.5 Å². The van der Waals surface area contributed by atoms with E-state index in [1.807, 2.05) is 18.9 Å². The summed E-state index contributed by atoms with van der Waals surface area (Å²) in [7, 11) is 1.81. The van der Waals surface area contributed by atoms with E-state index in [9.17, 15) is 4.79 Å². The van der Waals surface area contributed by atoms with Crippen molar-refractivity contribution >= 4 is 35.8 Å². The third kappa shape index (κ3) is 7.70. The van der Waals surface area contributed by atoms with Gasteiger partial charge in [0, 0.05) is 78.4 Å². The minimum atomic E-state index is 0. The van der Waals surface area contributed by atoms with Crippen LogP contribution in [0.4, 0.5) is 0 Å². The third-order valence-electron chi connectivity index (χ3n) is 5.84. The molecule has 0 aromatic heterocycles. The van der Waals surface area contributed by atoms with Crippen LogP contribution in [0.5, 0.6) is 0 Å². The molecule has 0 radical (unpaired) electrons. The Morgan fingerprint density at radius 3 is 2.47 bits per heavy atom. The maximum absolute atomic E-state index is 11.8. The highest BCUT2D eigenvalue weighted by atomic mass is 127. The third-order valence-corrected chi connectivity index (χ3v) is 5.84. The molecule has 0 spiro atoms. The van der Waals surface area contributed by atoms with Crippen molar-refractivity contribution in [2.75, 3.05) is 59.4 Å². The lowest BCUT2D eigenvalue weighted by atomic mass is 10.2. The molecule has 1 aromatic rings. The standard InChI is InChI=1S/C22H36N6O.HI/c1-3-21(29)28-11-9-20(18-28)25-22(23-2)24-10-12-26-13-15-27(16-14-26)17-19-7-5-4-6-8-19;/h4-8,20H,3,9-18H2,1-2H3,(H2,23,24,25);1H. The molecule has 8 heteroatoms. The summed E-state index contributed by atoms with van der Waals surface area (Å²) in [5.74, 6) is 1.08. The summed E-state index contributed by atoms with van der Waals surface area (Å²) >= 11 is 0. The lowest BCUT2D eigenvalue weighted by Crippen LogP contribution is -2.50. The van der Waals surface area contributed by atoms with Gasteiger partial charge in [0.1, 0.15) is 0 Å². The summed E-state index contributed by atoms with van der Waals surface area (Å²) in [6.45, 7) is 10.9. The van der Waals surface area contributed by atoms with Gasteiger partial charge in [0.2, 0.25) is 5.91 Å². The molecule has 0 aliphatic carbocycles. The predicted octanol–water partition coefficient (Wildman–Crippen LogP) is 1.60. The maximum atomic E-state index is 11.8. The van der Waals surface area contributed by atoms with E-state index in [4.69, 9.17) is 0 Å². The first-order valence-corrected chi connectivity index (χ1v) is 10.9. The molecule has 1 unspecified atom stereocenters. The van der Waals surface area contributed by atoms with Crippen LogP contribution in [0.2, 0.25) is 0 Å². The smallest absolute Gasteiger partial charge is 0.222 e. The van der Waals surface area contributed by atoms with Crippen molar-refractivity contribution in [2.24, 2.45) is 4.99 Å². The zero-order chi connectivity index (χ0) is 20.5. The highest BCUT2D eigenvalue weighted by Gasteiger charge is 2.25. The van der Waals surface area contributed by atoms with E-state index in [1.165, 1.54) is 5.56 Å². The molecule has 3 rings (SSSR count). The number of hydrogen-bond donors (Lipinski definition) is 2. The maximum Gasteiger partial charge on any atom is 0.222 e. The number of benzene rings is 1. The van der Waals surface area contributed by atoms with Gasteiger partial charge < -0.3 is 15.5 Å². The highest BCUT2D eigenvalue weighted by Crippen LogP contribution is 2.10. The van der Waals surface area contributed by atoms with Crippen LogP contribution in [-0.4, -0.2) is 92.0 Å². The van der Waals surface area contributed by atoms with Gasteiger partial charge in [0.05, 0.1) is 0 Å². The van der Waals surface area contributed by atoms with Crippen LogP contribution in [-0.2, 0) is 11.3 Å². The fraction of sp³-hybridized carbons (Fsp3) is 0.636. The number of carbonyl (C=O) groups is 1. The molecular formula is C22H37IN6O. The van der Waals surface area contributed by atoms with Gasteiger partial charge in [-0.25, -0.2) is 0 Å². The van der Waals surface area contributed by atoms with Crippen LogP contribution < -0.4 is 10.6 Å². The molecule has 1 aromatic carbocycles. The van der Waals surface area contributed by atoms with E-state index >= 15 is 0 Å². The van der Waals surface area contributed by atoms with Crippen LogP contribution in [0.3, 0.4) is 0 Å². The van der Waals surface area contributed by atoms with E-state index in [2.05, 4.69) is 55.8 Å². The Balaban J connectivity index is 0.00000320. The Kier molecular flexibility index (Phi) is 10.9. The van der Waals surface area contributed by atoms with E-state index in [-0.39, 0.29) is 29.9 Å². The topological polar surface area (TPSA) is 63.2 Å². The number of piperazine rings is 1. The van der Waals surface area contributed by atoms with E-state index in [1.54, 1.807) is 0 Å². The number of likely N-dealkylation sites (tertiary alicyclic amines) is 1. The average molecular weight is 528 g/mol. The molecule has 2 aliphatic heterocycles. The Hall–Kier alpha value is -1.39. The van der Waals surface area contributed by atoms with Gasteiger partial charge in [-0.2, -0.15) is 0 Å². The molecule has 1 amide bonds. The van der Waals surface area contributed by atoms with E-state index in [0.717, 1.165) is 71.3 Å². The molecule has 2 saturated heterocycles. The van der Waals surface area contributed by atoms with Crippen molar-refractivity contribution in [2.45, 2.75) is 32.4 Å². The van der Waals surface area contributed by atoms with Gasteiger partial charge in [-0.05, 0) is 12.0 Å². The fourth-order valence-corrected chi connectivity index (χ4v) is 4.06. The van der Waals surface area contributed by atoms with Crippen LogP contribution in [0.15, 0.2) is 35.3 Å². The predicted molar refractivity (Wildman–Crippen MR) is 133 cm³/mol. The largest absolute Gasteiger partial charge is 0.355 e. The number of nitrogens with one attached hydrogen (secondary N) is 2. The first-order chi connectivity index (χ1) is 14.2. The number of rotatable bonds is 7. The summed E-state index contributed by atoms with van der Waals surface area (Å²) in [4.78, 5) is 23.2. The molecule has 2 fully saturated rings. The van der Waals surface area contributed by atoms with Crippen molar-refractivity contribution in [1.82, 2.24) is 25.3 Å². The molecule has 168 valence electrons. The van der Waals surface area contributed by atoms with Crippen LogP contribution in [0.1, 0.15) is 25.3 Å².